The fourth-order valence-electron chi connectivity index (χ4n) is 2.42. The van der Waals surface area contributed by atoms with E-state index >= 15 is 0 Å². The second kappa shape index (κ2) is 11.6. The van der Waals surface area contributed by atoms with Crippen molar-refractivity contribution in [3.05, 3.63) is 29.8 Å². The van der Waals surface area contributed by atoms with E-state index in [1.54, 1.807) is 0 Å². The highest BCUT2D eigenvalue weighted by molar-refractivity contribution is 5.95. The molecule has 1 atom stereocenters. The minimum absolute atomic E-state index is 0. The summed E-state index contributed by atoms with van der Waals surface area (Å²) in [6, 6.07) is 7.88. The van der Waals surface area contributed by atoms with Crippen molar-refractivity contribution in [2.24, 2.45) is 0 Å². The molecule has 23 heavy (non-hydrogen) atoms. The number of nitrogens with zero attached hydrogens (tertiary/aromatic N) is 1. The number of halogens is 2. The molecule has 132 valence electrons. The number of amides is 1. The van der Waals surface area contributed by atoms with Gasteiger partial charge in [-0.3, -0.25) is 9.69 Å². The van der Waals surface area contributed by atoms with Crippen LogP contribution in [-0.4, -0.2) is 49.7 Å². The number of likely N-dealkylation sites (N-methyl/N-ethyl adjacent to an activating group) is 1. The summed E-state index contributed by atoms with van der Waals surface area (Å²) in [7, 11) is 0. The fourth-order valence-corrected chi connectivity index (χ4v) is 2.42. The monoisotopic (exact) mass is 363 g/mol. The molecule has 0 aliphatic carbocycles. The summed E-state index contributed by atoms with van der Waals surface area (Å²) in [6.45, 7) is 8.95. The van der Waals surface area contributed by atoms with Gasteiger partial charge in [-0.15, -0.1) is 24.8 Å². The lowest BCUT2D eigenvalue weighted by Crippen LogP contribution is -2.47. The Labute approximate surface area is 151 Å². The van der Waals surface area contributed by atoms with E-state index < -0.39 is 0 Å². The van der Waals surface area contributed by atoms with Gasteiger partial charge in [-0.25, -0.2) is 0 Å². The van der Waals surface area contributed by atoms with Crippen molar-refractivity contribution in [3.63, 3.8) is 0 Å². The summed E-state index contributed by atoms with van der Waals surface area (Å²) < 4.78 is 5.60. The van der Waals surface area contributed by atoms with Crippen molar-refractivity contribution in [2.75, 3.05) is 38.1 Å². The van der Waals surface area contributed by atoms with Crippen LogP contribution in [0.15, 0.2) is 24.3 Å². The normalized spacial score (nSPS) is 17.7. The summed E-state index contributed by atoms with van der Waals surface area (Å²) in [5, 5.41) is 6.29. The minimum Gasteiger partial charge on any atom is -0.366 e. The molecule has 0 spiro atoms. The van der Waals surface area contributed by atoms with Gasteiger partial charge in [0.15, 0.2) is 0 Å². The molecule has 0 saturated carbocycles. The van der Waals surface area contributed by atoms with Crippen LogP contribution in [0.2, 0.25) is 0 Å². The SMILES string of the molecule is CCNCc1ccccc1NC(=O)C1CN(CC)CCO1.Cl.Cl. The fraction of sp³-hybridized carbons (Fsp3) is 0.562. The Hall–Kier alpha value is -0.850. The summed E-state index contributed by atoms with van der Waals surface area (Å²) in [6.07, 6.45) is -0.383. The standard InChI is InChI=1S/C16H25N3O2.2ClH/c1-3-17-11-13-7-5-6-8-14(13)18-16(20)15-12-19(4-2)9-10-21-15;;/h5-8,15,17H,3-4,9-12H2,1-2H3,(H,18,20);2*1H. The molecule has 2 N–H and O–H groups in total. The predicted molar refractivity (Wildman–Crippen MR) is 98.8 cm³/mol. The first kappa shape index (κ1) is 22.1. The molecule has 0 bridgehead atoms. The minimum atomic E-state index is -0.383. The molecule has 5 nitrogen and oxygen atoms in total. The molecule has 1 saturated heterocycles. The largest absolute Gasteiger partial charge is 0.366 e. The number of carbonyl (C=O) groups is 1. The third kappa shape index (κ3) is 6.65. The van der Waals surface area contributed by atoms with Crippen molar-refractivity contribution < 1.29 is 9.53 Å². The number of hydrogen-bond donors (Lipinski definition) is 2. The first-order valence-electron chi connectivity index (χ1n) is 7.68. The Morgan fingerprint density at radius 1 is 1.30 bits per heavy atom. The van der Waals surface area contributed by atoms with Crippen LogP contribution in [0.3, 0.4) is 0 Å². The lowest BCUT2D eigenvalue weighted by Gasteiger charge is -2.31. The topological polar surface area (TPSA) is 53.6 Å². The second-order valence-electron chi connectivity index (χ2n) is 5.18. The van der Waals surface area contributed by atoms with E-state index in [0.717, 1.165) is 37.4 Å². The van der Waals surface area contributed by atoms with Crippen LogP contribution in [0, 0.1) is 0 Å². The van der Waals surface area contributed by atoms with Crippen molar-refractivity contribution >= 4 is 36.4 Å². The Kier molecular flexibility index (Phi) is 11.2. The second-order valence-corrected chi connectivity index (χ2v) is 5.18. The Morgan fingerprint density at radius 3 is 2.74 bits per heavy atom. The third-order valence-electron chi connectivity index (χ3n) is 3.73. The van der Waals surface area contributed by atoms with Gasteiger partial charge >= 0.3 is 0 Å². The number of hydrogen-bond acceptors (Lipinski definition) is 4. The number of carbonyl (C=O) groups excluding carboxylic acids is 1. The zero-order valence-electron chi connectivity index (χ0n) is 13.7. The van der Waals surface area contributed by atoms with E-state index in [2.05, 4.69) is 29.4 Å². The first-order chi connectivity index (χ1) is 10.2. The third-order valence-corrected chi connectivity index (χ3v) is 3.73. The number of morpholine rings is 1. The maximum absolute atomic E-state index is 12.4. The van der Waals surface area contributed by atoms with Gasteiger partial charge in [0.2, 0.25) is 0 Å². The number of ether oxygens (including phenoxy) is 1. The Bertz CT molecular complexity index is 474. The average molecular weight is 364 g/mol. The molecule has 2 rings (SSSR count). The highest BCUT2D eigenvalue weighted by atomic mass is 35.5. The number of anilines is 1. The van der Waals surface area contributed by atoms with Gasteiger partial charge in [0.05, 0.1) is 6.61 Å². The number of para-hydroxylation sites is 1. The number of benzene rings is 1. The zero-order valence-corrected chi connectivity index (χ0v) is 15.3. The van der Waals surface area contributed by atoms with Gasteiger partial charge in [0, 0.05) is 25.3 Å². The van der Waals surface area contributed by atoms with Crippen LogP contribution >= 0.6 is 24.8 Å². The van der Waals surface area contributed by atoms with Crippen molar-refractivity contribution in [2.45, 2.75) is 26.5 Å². The van der Waals surface area contributed by atoms with Gasteiger partial charge in [-0.2, -0.15) is 0 Å². The van der Waals surface area contributed by atoms with Crippen LogP contribution in [0.5, 0.6) is 0 Å². The van der Waals surface area contributed by atoms with Crippen molar-refractivity contribution in [1.29, 1.82) is 0 Å². The van der Waals surface area contributed by atoms with E-state index in [4.69, 9.17) is 4.74 Å². The molecule has 7 heteroatoms. The molecule has 1 aromatic carbocycles. The van der Waals surface area contributed by atoms with Gasteiger partial charge in [0.25, 0.3) is 5.91 Å². The van der Waals surface area contributed by atoms with E-state index in [-0.39, 0.29) is 36.8 Å². The van der Waals surface area contributed by atoms with E-state index in [1.807, 2.05) is 24.3 Å². The Balaban J connectivity index is 0.00000242. The molecule has 1 heterocycles. The van der Waals surface area contributed by atoms with Crippen LogP contribution in [-0.2, 0) is 16.1 Å². The number of rotatable bonds is 6. The van der Waals surface area contributed by atoms with Crippen LogP contribution in [0.4, 0.5) is 5.69 Å². The highest BCUT2D eigenvalue weighted by Crippen LogP contribution is 2.16. The lowest BCUT2D eigenvalue weighted by atomic mass is 10.1. The van der Waals surface area contributed by atoms with Crippen molar-refractivity contribution in [3.8, 4) is 0 Å². The van der Waals surface area contributed by atoms with Gasteiger partial charge in [-0.1, -0.05) is 32.0 Å². The Morgan fingerprint density at radius 2 is 2.04 bits per heavy atom. The lowest BCUT2D eigenvalue weighted by molar-refractivity contribution is -0.132. The van der Waals surface area contributed by atoms with Gasteiger partial charge in [0.1, 0.15) is 6.10 Å². The summed E-state index contributed by atoms with van der Waals surface area (Å²) >= 11 is 0. The molecule has 1 aliphatic heterocycles. The molecular formula is C16H27Cl2N3O2. The summed E-state index contributed by atoms with van der Waals surface area (Å²) in [5.41, 5.74) is 1.96. The maximum Gasteiger partial charge on any atom is 0.254 e. The first-order valence-corrected chi connectivity index (χ1v) is 7.68. The average Bonchev–Trinajstić information content (AvgIpc) is 2.54. The molecule has 1 aliphatic rings. The van der Waals surface area contributed by atoms with Gasteiger partial charge < -0.3 is 15.4 Å². The van der Waals surface area contributed by atoms with E-state index in [0.29, 0.717) is 13.2 Å². The predicted octanol–water partition coefficient (Wildman–Crippen LogP) is 2.30. The van der Waals surface area contributed by atoms with Crippen LogP contribution < -0.4 is 10.6 Å². The number of nitrogens with one attached hydrogen (secondary N) is 2. The smallest absolute Gasteiger partial charge is 0.254 e. The van der Waals surface area contributed by atoms with Crippen LogP contribution in [0.1, 0.15) is 19.4 Å². The van der Waals surface area contributed by atoms with E-state index in [9.17, 15) is 4.79 Å². The molecule has 0 aromatic heterocycles. The van der Waals surface area contributed by atoms with Crippen LogP contribution in [0.25, 0.3) is 0 Å². The molecule has 0 radical (unpaired) electrons. The molecule has 1 fully saturated rings. The van der Waals surface area contributed by atoms with Crippen molar-refractivity contribution in [1.82, 2.24) is 10.2 Å². The van der Waals surface area contributed by atoms with Gasteiger partial charge in [-0.05, 0) is 24.7 Å². The van der Waals surface area contributed by atoms with E-state index in [1.165, 1.54) is 0 Å². The molecule has 1 unspecified atom stereocenters. The summed E-state index contributed by atoms with van der Waals surface area (Å²) in [4.78, 5) is 14.6. The summed E-state index contributed by atoms with van der Waals surface area (Å²) in [5.74, 6) is -0.0582. The highest BCUT2D eigenvalue weighted by Gasteiger charge is 2.26. The maximum atomic E-state index is 12.4. The molecule has 1 aromatic rings. The molecular weight excluding hydrogens is 337 g/mol. The zero-order chi connectivity index (χ0) is 15.1. The quantitative estimate of drug-likeness (QED) is 0.813. The molecule has 1 amide bonds.